The molecule has 0 atom stereocenters. The number of nitro benzene ring substituents is 1. The van der Waals surface area contributed by atoms with E-state index in [1.54, 1.807) is 0 Å². The first-order valence-electron chi connectivity index (χ1n) is 4.05. The predicted molar refractivity (Wildman–Crippen MR) is 53.6 cm³/mol. The van der Waals surface area contributed by atoms with Gasteiger partial charge in [-0.3, -0.25) is 10.1 Å². The molecule has 0 spiro atoms. The van der Waals surface area contributed by atoms with Gasteiger partial charge in [-0.2, -0.15) is 5.10 Å². The van der Waals surface area contributed by atoms with Gasteiger partial charge in [0.15, 0.2) is 5.15 Å². The summed E-state index contributed by atoms with van der Waals surface area (Å²) in [6, 6.07) is 4.17. The zero-order valence-corrected chi connectivity index (χ0v) is 8.18. The standard InChI is InChI=1S/C8H6ClN3O3/c9-8-6-3-5(12(14)15)1-2-7(6)11(4-13)10-8/h1-3,13H,4H2. The number of aliphatic hydroxyl groups excluding tert-OH is 1. The van der Waals surface area contributed by atoms with Crippen molar-refractivity contribution in [3.8, 4) is 0 Å². The van der Waals surface area contributed by atoms with Gasteiger partial charge in [-0.15, -0.1) is 0 Å². The zero-order valence-electron chi connectivity index (χ0n) is 7.42. The van der Waals surface area contributed by atoms with Gasteiger partial charge >= 0.3 is 0 Å². The molecule has 0 fully saturated rings. The first-order chi connectivity index (χ1) is 7.13. The summed E-state index contributed by atoms with van der Waals surface area (Å²) < 4.78 is 1.27. The van der Waals surface area contributed by atoms with Gasteiger partial charge in [0, 0.05) is 17.5 Å². The smallest absolute Gasteiger partial charge is 0.270 e. The monoisotopic (exact) mass is 227 g/mol. The number of halogens is 1. The maximum Gasteiger partial charge on any atom is 0.270 e. The average molecular weight is 228 g/mol. The molecule has 1 heterocycles. The minimum Gasteiger partial charge on any atom is -0.374 e. The van der Waals surface area contributed by atoms with Crippen LogP contribution < -0.4 is 0 Å². The Morgan fingerprint density at radius 2 is 2.33 bits per heavy atom. The Morgan fingerprint density at radius 1 is 1.60 bits per heavy atom. The molecule has 0 aliphatic carbocycles. The quantitative estimate of drug-likeness (QED) is 0.623. The molecule has 0 radical (unpaired) electrons. The van der Waals surface area contributed by atoms with Crippen molar-refractivity contribution in [3.63, 3.8) is 0 Å². The number of hydrogen-bond donors (Lipinski definition) is 1. The van der Waals surface area contributed by atoms with Crippen molar-refractivity contribution in [1.82, 2.24) is 9.78 Å². The molecule has 2 aromatic rings. The third-order valence-corrected chi connectivity index (χ3v) is 2.31. The number of aliphatic hydroxyl groups is 1. The molecule has 15 heavy (non-hydrogen) atoms. The van der Waals surface area contributed by atoms with Gasteiger partial charge in [-0.05, 0) is 6.07 Å². The van der Waals surface area contributed by atoms with E-state index in [2.05, 4.69) is 5.10 Å². The molecule has 0 saturated heterocycles. The van der Waals surface area contributed by atoms with Gasteiger partial charge in [0.2, 0.25) is 0 Å². The lowest BCUT2D eigenvalue weighted by Gasteiger charge is -1.96. The van der Waals surface area contributed by atoms with Gasteiger partial charge in [0.05, 0.1) is 10.4 Å². The Kier molecular flexibility index (Phi) is 2.29. The first kappa shape index (κ1) is 9.88. The Labute approximate surface area is 88.8 Å². The third kappa shape index (κ3) is 1.53. The Balaban J connectivity index is 2.72. The summed E-state index contributed by atoms with van der Waals surface area (Å²) in [4.78, 5) is 10.0. The van der Waals surface area contributed by atoms with Gasteiger partial charge in [-0.25, -0.2) is 4.68 Å². The second-order valence-corrected chi connectivity index (χ2v) is 3.25. The summed E-state index contributed by atoms with van der Waals surface area (Å²) in [5.74, 6) is 0. The van der Waals surface area contributed by atoms with Crippen LogP contribution in [0.5, 0.6) is 0 Å². The molecule has 78 valence electrons. The summed E-state index contributed by atoms with van der Waals surface area (Å²) in [6.07, 6.45) is 0. The van der Waals surface area contributed by atoms with E-state index in [9.17, 15) is 10.1 Å². The second-order valence-electron chi connectivity index (χ2n) is 2.89. The summed E-state index contributed by atoms with van der Waals surface area (Å²) in [6.45, 7) is -0.318. The van der Waals surface area contributed by atoms with Crippen molar-refractivity contribution in [2.75, 3.05) is 0 Å². The van der Waals surface area contributed by atoms with Crippen molar-refractivity contribution < 1.29 is 10.0 Å². The molecule has 0 bridgehead atoms. The van der Waals surface area contributed by atoms with E-state index in [1.807, 2.05) is 0 Å². The molecule has 0 unspecified atom stereocenters. The average Bonchev–Trinajstić information content (AvgIpc) is 2.55. The number of rotatable bonds is 2. The number of fused-ring (bicyclic) bond motifs is 1. The van der Waals surface area contributed by atoms with Crippen molar-refractivity contribution in [1.29, 1.82) is 0 Å². The van der Waals surface area contributed by atoms with Crippen molar-refractivity contribution >= 4 is 28.2 Å². The van der Waals surface area contributed by atoms with Gasteiger partial charge in [0.1, 0.15) is 6.73 Å². The van der Waals surface area contributed by atoms with Crippen LogP contribution in [0.25, 0.3) is 10.9 Å². The number of non-ortho nitro benzene ring substituents is 1. The molecule has 1 N–H and O–H groups in total. The van der Waals surface area contributed by atoms with Gasteiger partial charge < -0.3 is 5.11 Å². The summed E-state index contributed by atoms with van der Waals surface area (Å²) in [7, 11) is 0. The molecule has 0 amide bonds. The van der Waals surface area contributed by atoms with Crippen LogP contribution in [0, 0.1) is 10.1 Å². The van der Waals surface area contributed by atoms with Crippen molar-refractivity contribution in [3.05, 3.63) is 33.5 Å². The van der Waals surface area contributed by atoms with E-state index in [-0.39, 0.29) is 17.6 Å². The van der Waals surface area contributed by atoms with Crippen LogP contribution in [0.15, 0.2) is 18.2 Å². The maximum absolute atomic E-state index is 10.5. The number of nitrogens with zero attached hydrogens (tertiary/aromatic N) is 3. The molecule has 6 nitrogen and oxygen atoms in total. The predicted octanol–water partition coefficient (Wildman–Crippen LogP) is 1.55. The fraction of sp³-hybridized carbons (Fsp3) is 0.125. The van der Waals surface area contributed by atoms with Crippen LogP contribution in [0.1, 0.15) is 0 Å². The lowest BCUT2D eigenvalue weighted by molar-refractivity contribution is -0.384. The molecule has 0 saturated carbocycles. The number of nitro groups is 1. The van der Waals surface area contributed by atoms with Crippen molar-refractivity contribution in [2.24, 2.45) is 0 Å². The number of aromatic nitrogens is 2. The Hall–Kier alpha value is -1.66. The minimum atomic E-state index is -0.508. The van der Waals surface area contributed by atoms with Crippen LogP contribution in [0.4, 0.5) is 5.69 Å². The van der Waals surface area contributed by atoms with E-state index in [0.717, 1.165) is 0 Å². The van der Waals surface area contributed by atoms with E-state index in [4.69, 9.17) is 16.7 Å². The van der Waals surface area contributed by atoms with E-state index >= 15 is 0 Å². The van der Waals surface area contributed by atoms with Crippen LogP contribution in [-0.4, -0.2) is 19.8 Å². The number of benzene rings is 1. The zero-order chi connectivity index (χ0) is 11.0. The van der Waals surface area contributed by atoms with Crippen LogP contribution in [-0.2, 0) is 6.73 Å². The minimum absolute atomic E-state index is 0.0538. The SMILES string of the molecule is O=[N+]([O-])c1ccc2c(c1)c(Cl)nn2CO. The lowest BCUT2D eigenvalue weighted by atomic mass is 10.2. The molecule has 1 aromatic carbocycles. The topological polar surface area (TPSA) is 81.2 Å². The highest BCUT2D eigenvalue weighted by atomic mass is 35.5. The highest BCUT2D eigenvalue weighted by Crippen LogP contribution is 2.26. The van der Waals surface area contributed by atoms with Crippen molar-refractivity contribution in [2.45, 2.75) is 6.73 Å². The summed E-state index contributed by atoms with van der Waals surface area (Å²) in [5.41, 5.74) is 0.509. The molecule has 2 rings (SSSR count). The molecule has 0 aliphatic heterocycles. The lowest BCUT2D eigenvalue weighted by Crippen LogP contribution is -1.97. The highest BCUT2D eigenvalue weighted by molar-refractivity contribution is 6.34. The molecule has 0 aliphatic rings. The van der Waals surface area contributed by atoms with Gasteiger partial charge in [0.25, 0.3) is 5.69 Å². The molecular weight excluding hydrogens is 222 g/mol. The molecular formula is C8H6ClN3O3. The van der Waals surface area contributed by atoms with Gasteiger partial charge in [-0.1, -0.05) is 11.6 Å². The fourth-order valence-corrected chi connectivity index (χ4v) is 1.59. The maximum atomic E-state index is 10.5. The Bertz CT molecular complexity index is 537. The normalized spacial score (nSPS) is 10.8. The van der Waals surface area contributed by atoms with E-state index in [0.29, 0.717) is 10.9 Å². The van der Waals surface area contributed by atoms with Crippen LogP contribution >= 0.6 is 11.6 Å². The number of hydrogen-bond acceptors (Lipinski definition) is 4. The summed E-state index contributed by atoms with van der Waals surface area (Å²) in [5, 5.41) is 23.9. The largest absolute Gasteiger partial charge is 0.374 e. The first-order valence-corrected chi connectivity index (χ1v) is 4.42. The highest BCUT2D eigenvalue weighted by Gasteiger charge is 2.13. The van der Waals surface area contributed by atoms with E-state index < -0.39 is 4.92 Å². The third-order valence-electron chi connectivity index (χ3n) is 2.03. The Morgan fingerprint density at radius 3 is 2.93 bits per heavy atom. The van der Waals surface area contributed by atoms with Crippen LogP contribution in [0.2, 0.25) is 5.15 Å². The molecule has 7 heteroatoms. The molecule has 1 aromatic heterocycles. The summed E-state index contributed by atoms with van der Waals surface area (Å²) >= 11 is 5.77. The fourth-order valence-electron chi connectivity index (χ4n) is 1.35. The van der Waals surface area contributed by atoms with Crippen LogP contribution in [0.3, 0.4) is 0 Å². The second kappa shape index (κ2) is 3.48. The van der Waals surface area contributed by atoms with E-state index in [1.165, 1.54) is 22.9 Å².